The predicted molar refractivity (Wildman–Crippen MR) is 90.0 cm³/mol. The van der Waals surface area contributed by atoms with Gasteiger partial charge in [-0.15, -0.1) is 0 Å². The van der Waals surface area contributed by atoms with E-state index < -0.39 is 0 Å². The molecule has 0 aliphatic rings. The highest BCUT2D eigenvalue weighted by Crippen LogP contribution is 2.28. The van der Waals surface area contributed by atoms with Crippen molar-refractivity contribution in [2.45, 2.75) is 32.9 Å². The Morgan fingerprint density at radius 2 is 1.86 bits per heavy atom. The van der Waals surface area contributed by atoms with Crippen LogP contribution in [0.1, 0.15) is 25.8 Å². The summed E-state index contributed by atoms with van der Waals surface area (Å²) >= 11 is 0. The zero-order valence-electron chi connectivity index (χ0n) is 13.3. The van der Waals surface area contributed by atoms with Crippen molar-refractivity contribution >= 4 is 10.8 Å². The third-order valence-corrected chi connectivity index (χ3v) is 3.44. The minimum absolute atomic E-state index is 0.189. The van der Waals surface area contributed by atoms with E-state index in [1.54, 1.807) is 0 Å². The van der Waals surface area contributed by atoms with E-state index in [-0.39, 0.29) is 6.10 Å². The van der Waals surface area contributed by atoms with Crippen LogP contribution in [0.25, 0.3) is 10.8 Å². The summed E-state index contributed by atoms with van der Waals surface area (Å²) in [5.41, 5.74) is 1.26. The summed E-state index contributed by atoms with van der Waals surface area (Å²) in [5, 5.41) is 9.23. The fourth-order valence-electron chi connectivity index (χ4n) is 2.47. The molecule has 0 spiro atoms. The van der Waals surface area contributed by atoms with Gasteiger partial charge >= 0.3 is 0 Å². The predicted octanol–water partition coefficient (Wildman–Crippen LogP) is 3.33. The largest absolute Gasteiger partial charge is 0.491 e. The van der Waals surface area contributed by atoms with Crippen LogP contribution in [0, 0.1) is 0 Å². The standard InChI is InChI=1S/C18H26N2O/c1-14(2)21-18-10-9-15-7-4-5-8-16(15)17(18)13-20-12-6-11-19-3/h4-5,7-10,14,19-20H,6,11-13H2,1-3H3. The lowest BCUT2D eigenvalue weighted by molar-refractivity contribution is 0.240. The van der Waals surface area contributed by atoms with Crippen LogP contribution in [-0.2, 0) is 6.54 Å². The molecule has 0 aliphatic carbocycles. The van der Waals surface area contributed by atoms with Gasteiger partial charge in [-0.3, -0.25) is 0 Å². The number of hydrogen-bond acceptors (Lipinski definition) is 3. The smallest absolute Gasteiger partial charge is 0.124 e. The van der Waals surface area contributed by atoms with E-state index in [0.29, 0.717) is 0 Å². The fourth-order valence-corrected chi connectivity index (χ4v) is 2.47. The van der Waals surface area contributed by atoms with Crippen molar-refractivity contribution in [2.75, 3.05) is 20.1 Å². The van der Waals surface area contributed by atoms with E-state index >= 15 is 0 Å². The lowest BCUT2D eigenvalue weighted by Gasteiger charge is -2.17. The van der Waals surface area contributed by atoms with Gasteiger partial charge in [-0.25, -0.2) is 0 Å². The van der Waals surface area contributed by atoms with Crippen molar-refractivity contribution < 1.29 is 4.74 Å². The molecule has 2 rings (SSSR count). The van der Waals surface area contributed by atoms with Crippen LogP contribution in [0.4, 0.5) is 0 Å². The van der Waals surface area contributed by atoms with Gasteiger partial charge in [0, 0.05) is 12.1 Å². The van der Waals surface area contributed by atoms with Crippen LogP contribution in [-0.4, -0.2) is 26.2 Å². The van der Waals surface area contributed by atoms with Crippen molar-refractivity contribution in [3.63, 3.8) is 0 Å². The highest BCUT2D eigenvalue weighted by atomic mass is 16.5. The summed E-state index contributed by atoms with van der Waals surface area (Å²) in [6, 6.07) is 12.7. The number of nitrogens with one attached hydrogen (secondary N) is 2. The molecule has 0 bridgehead atoms. The zero-order chi connectivity index (χ0) is 15.1. The molecule has 3 nitrogen and oxygen atoms in total. The fraction of sp³-hybridized carbons (Fsp3) is 0.444. The number of fused-ring (bicyclic) bond motifs is 1. The van der Waals surface area contributed by atoms with Gasteiger partial charge in [0.15, 0.2) is 0 Å². The maximum Gasteiger partial charge on any atom is 0.124 e. The number of benzene rings is 2. The number of ether oxygens (including phenoxy) is 1. The van der Waals surface area contributed by atoms with Gasteiger partial charge in [-0.1, -0.05) is 30.3 Å². The quantitative estimate of drug-likeness (QED) is 0.730. The summed E-state index contributed by atoms with van der Waals surface area (Å²) in [6.45, 7) is 7.02. The van der Waals surface area contributed by atoms with Gasteiger partial charge in [0.1, 0.15) is 5.75 Å². The third-order valence-electron chi connectivity index (χ3n) is 3.44. The average Bonchev–Trinajstić information content (AvgIpc) is 2.48. The Bertz CT molecular complexity index is 566. The third kappa shape index (κ3) is 4.45. The Morgan fingerprint density at radius 3 is 2.62 bits per heavy atom. The SMILES string of the molecule is CNCCCNCc1c(OC(C)C)ccc2ccccc12. The zero-order valence-corrected chi connectivity index (χ0v) is 13.3. The second kappa shape index (κ2) is 8.01. The number of rotatable bonds is 8. The van der Waals surface area contributed by atoms with Crippen molar-refractivity contribution in [3.05, 3.63) is 42.0 Å². The summed E-state index contributed by atoms with van der Waals surface area (Å²) < 4.78 is 5.98. The topological polar surface area (TPSA) is 33.3 Å². The second-order valence-corrected chi connectivity index (χ2v) is 5.56. The van der Waals surface area contributed by atoms with Gasteiger partial charge in [0.2, 0.25) is 0 Å². The molecule has 2 aromatic carbocycles. The molecule has 2 aromatic rings. The van der Waals surface area contributed by atoms with Crippen LogP contribution in [0.15, 0.2) is 36.4 Å². The molecule has 0 heterocycles. The minimum Gasteiger partial charge on any atom is -0.491 e. The molecule has 0 amide bonds. The van der Waals surface area contributed by atoms with E-state index in [2.05, 4.69) is 60.9 Å². The molecule has 0 aromatic heterocycles. The van der Waals surface area contributed by atoms with E-state index in [9.17, 15) is 0 Å². The Labute approximate surface area is 127 Å². The summed E-state index contributed by atoms with van der Waals surface area (Å²) in [5.74, 6) is 0.991. The van der Waals surface area contributed by atoms with Crippen molar-refractivity contribution in [2.24, 2.45) is 0 Å². The molecule has 2 N–H and O–H groups in total. The van der Waals surface area contributed by atoms with Crippen LogP contribution in [0.3, 0.4) is 0 Å². The molecule has 0 saturated carbocycles. The van der Waals surface area contributed by atoms with Gasteiger partial charge in [-0.05, 0) is 57.2 Å². The van der Waals surface area contributed by atoms with Crippen LogP contribution in [0.2, 0.25) is 0 Å². The Morgan fingerprint density at radius 1 is 1.05 bits per heavy atom. The van der Waals surface area contributed by atoms with Crippen molar-refractivity contribution in [1.82, 2.24) is 10.6 Å². The minimum atomic E-state index is 0.189. The molecule has 114 valence electrons. The van der Waals surface area contributed by atoms with Crippen LogP contribution in [0.5, 0.6) is 5.75 Å². The first-order chi connectivity index (χ1) is 10.2. The highest BCUT2D eigenvalue weighted by molar-refractivity contribution is 5.87. The normalized spacial score (nSPS) is 11.2. The van der Waals surface area contributed by atoms with Gasteiger partial charge in [-0.2, -0.15) is 0 Å². The second-order valence-electron chi connectivity index (χ2n) is 5.56. The van der Waals surface area contributed by atoms with Gasteiger partial charge in [0.05, 0.1) is 6.10 Å². The number of hydrogen-bond donors (Lipinski definition) is 2. The molecule has 3 heteroatoms. The first-order valence-corrected chi connectivity index (χ1v) is 7.75. The first kappa shape index (κ1) is 15.8. The molecule has 0 radical (unpaired) electrons. The molecule has 0 saturated heterocycles. The molecular formula is C18H26N2O. The maximum atomic E-state index is 5.98. The summed E-state index contributed by atoms with van der Waals surface area (Å²) in [6.07, 6.45) is 1.32. The van der Waals surface area contributed by atoms with Gasteiger partial charge < -0.3 is 15.4 Å². The molecule has 21 heavy (non-hydrogen) atoms. The lowest BCUT2D eigenvalue weighted by atomic mass is 10.0. The first-order valence-electron chi connectivity index (χ1n) is 7.75. The summed E-state index contributed by atoms with van der Waals surface area (Å²) in [7, 11) is 1.99. The van der Waals surface area contributed by atoms with Crippen molar-refractivity contribution in [1.29, 1.82) is 0 Å². The monoisotopic (exact) mass is 286 g/mol. The van der Waals surface area contributed by atoms with Crippen LogP contribution >= 0.6 is 0 Å². The molecule has 0 atom stereocenters. The van der Waals surface area contributed by atoms with E-state index in [0.717, 1.165) is 31.8 Å². The highest BCUT2D eigenvalue weighted by Gasteiger charge is 2.09. The molecule has 0 fully saturated rings. The molecular weight excluding hydrogens is 260 g/mol. The van der Waals surface area contributed by atoms with E-state index in [1.807, 2.05) is 7.05 Å². The van der Waals surface area contributed by atoms with Crippen LogP contribution < -0.4 is 15.4 Å². The lowest BCUT2D eigenvalue weighted by Crippen LogP contribution is -2.20. The molecule has 0 aliphatic heterocycles. The molecule has 0 unspecified atom stereocenters. The Kier molecular flexibility index (Phi) is 6.03. The van der Waals surface area contributed by atoms with E-state index in [1.165, 1.54) is 16.3 Å². The Balaban J connectivity index is 2.19. The Hall–Kier alpha value is -1.58. The summed E-state index contributed by atoms with van der Waals surface area (Å²) in [4.78, 5) is 0. The average molecular weight is 286 g/mol. The van der Waals surface area contributed by atoms with E-state index in [4.69, 9.17) is 4.74 Å². The van der Waals surface area contributed by atoms with Crippen molar-refractivity contribution in [3.8, 4) is 5.75 Å². The van der Waals surface area contributed by atoms with Gasteiger partial charge in [0.25, 0.3) is 0 Å². The maximum absolute atomic E-state index is 5.98.